The molecule has 0 radical (unpaired) electrons. The fourth-order valence-corrected chi connectivity index (χ4v) is 2.27. The van der Waals surface area contributed by atoms with E-state index < -0.39 is 5.97 Å². The van der Waals surface area contributed by atoms with Gasteiger partial charge in [-0.2, -0.15) is 0 Å². The van der Waals surface area contributed by atoms with Crippen LogP contribution in [0.5, 0.6) is 0 Å². The molecule has 0 aliphatic carbocycles. The summed E-state index contributed by atoms with van der Waals surface area (Å²) in [6.45, 7) is 2.26. The molecule has 24 heavy (non-hydrogen) atoms. The standard InChI is InChI=1S/C22H34O2/c1-2-3-4-5-6-7-8-9-10-11-12-13-14-15-16-17-18-19-20-21-22(23)24/h12-21H,2-11H2,1H3,(H,23,24)/b13-12+,15-14+,17-16+,19-18-,21-20+. The number of carbonyl (C=O) groups is 1. The van der Waals surface area contributed by atoms with E-state index in [9.17, 15) is 4.79 Å². The molecule has 0 saturated heterocycles. The average molecular weight is 331 g/mol. The van der Waals surface area contributed by atoms with Crippen LogP contribution in [0.2, 0.25) is 0 Å². The maximum Gasteiger partial charge on any atom is 0.328 e. The highest BCUT2D eigenvalue weighted by molar-refractivity contribution is 5.80. The van der Waals surface area contributed by atoms with E-state index >= 15 is 0 Å². The van der Waals surface area contributed by atoms with Crippen LogP contribution in [0.15, 0.2) is 60.8 Å². The first kappa shape index (κ1) is 22.2. The van der Waals surface area contributed by atoms with Crippen LogP contribution >= 0.6 is 0 Å². The van der Waals surface area contributed by atoms with E-state index in [2.05, 4.69) is 19.1 Å². The predicted octanol–water partition coefficient (Wildman–Crippen LogP) is 6.77. The van der Waals surface area contributed by atoms with Crippen molar-refractivity contribution in [3.05, 3.63) is 60.8 Å². The largest absolute Gasteiger partial charge is 0.478 e. The molecule has 0 aliphatic heterocycles. The molecule has 1 N–H and O–H groups in total. The van der Waals surface area contributed by atoms with Gasteiger partial charge in [0.1, 0.15) is 0 Å². The Morgan fingerprint density at radius 3 is 1.67 bits per heavy atom. The second kappa shape index (κ2) is 19.2. The van der Waals surface area contributed by atoms with Crippen molar-refractivity contribution in [3.8, 4) is 0 Å². The highest BCUT2D eigenvalue weighted by atomic mass is 16.4. The molecule has 0 atom stereocenters. The molecule has 0 spiro atoms. The summed E-state index contributed by atoms with van der Waals surface area (Å²) < 4.78 is 0. The normalized spacial score (nSPS) is 12.7. The van der Waals surface area contributed by atoms with Crippen LogP contribution in [0.4, 0.5) is 0 Å². The molecule has 0 fully saturated rings. The van der Waals surface area contributed by atoms with Crippen LogP contribution in [0.3, 0.4) is 0 Å². The molecular weight excluding hydrogens is 296 g/mol. The molecule has 0 aliphatic rings. The van der Waals surface area contributed by atoms with Crippen LogP contribution in [0.25, 0.3) is 0 Å². The van der Waals surface area contributed by atoms with Gasteiger partial charge in [0.25, 0.3) is 0 Å². The van der Waals surface area contributed by atoms with Crippen LogP contribution in [0, 0.1) is 0 Å². The topological polar surface area (TPSA) is 37.3 Å². The van der Waals surface area contributed by atoms with Crippen molar-refractivity contribution in [2.45, 2.75) is 71.1 Å². The maximum atomic E-state index is 10.2. The second-order valence-electron chi connectivity index (χ2n) is 5.90. The van der Waals surface area contributed by atoms with E-state index in [4.69, 9.17) is 5.11 Å². The molecule has 134 valence electrons. The van der Waals surface area contributed by atoms with Gasteiger partial charge < -0.3 is 5.11 Å². The van der Waals surface area contributed by atoms with Crippen molar-refractivity contribution < 1.29 is 9.90 Å². The molecule has 0 aromatic heterocycles. The van der Waals surface area contributed by atoms with Gasteiger partial charge in [-0.1, -0.05) is 113 Å². The van der Waals surface area contributed by atoms with E-state index in [1.54, 1.807) is 12.2 Å². The molecular formula is C22H34O2. The van der Waals surface area contributed by atoms with E-state index in [0.717, 1.165) is 12.5 Å². The number of hydrogen-bond acceptors (Lipinski definition) is 1. The van der Waals surface area contributed by atoms with Gasteiger partial charge in [0.15, 0.2) is 0 Å². The van der Waals surface area contributed by atoms with Crippen LogP contribution in [0.1, 0.15) is 71.1 Å². The molecule has 0 bridgehead atoms. The van der Waals surface area contributed by atoms with Crippen molar-refractivity contribution in [2.24, 2.45) is 0 Å². The summed E-state index contributed by atoms with van der Waals surface area (Å²) in [5.41, 5.74) is 0. The number of rotatable bonds is 15. The van der Waals surface area contributed by atoms with Crippen molar-refractivity contribution in [2.75, 3.05) is 0 Å². The van der Waals surface area contributed by atoms with Gasteiger partial charge in [-0.05, 0) is 12.8 Å². The summed E-state index contributed by atoms with van der Waals surface area (Å²) in [5, 5.41) is 8.40. The Kier molecular flexibility index (Phi) is 17.8. The minimum Gasteiger partial charge on any atom is -0.478 e. The van der Waals surface area contributed by atoms with Crippen LogP contribution in [-0.4, -0.2) is 11.1 Å². The Balaban J connectivity index is 3.44. The van der Waals surface area contributed by atoms with Crippen molar-refractivity contribution in [1.82, 2.24) is 0 Å². The van der Waals surface area contributed by atoms with Crippen molar-refractivity contribution in [3.63, 3.8) is 0 Å². The molecule has 0 amide bonds. The molecule has 0 rings (SSSR count). The smallest absolute Gasteiger partial charge is 0.328 e. The molecule has 0 aromatic carbocycles. The number of hydrogen-bond donors (Lipinski definition) is 1. The van der Waals surface area contributed by atoms with E-state index in [-0.39, 0.29) is 0 Å². The first-order chi connectivity index (χ1) is 11.8. The monoisotopic (exact) mass is 330 g/mol. The molecule has 2 nitrogen and oxygen atoms in total. The van der Waals surface area contributed by atoms with Crippen molar-refractivity contribution in [1.29, 1.82) is 0 Å². The van der Waals surface area contributed by atoms with Gasteiger partial charge in [0.2, 0.25) is 0 Å². The highest BCUT2D eigenvalue weighted by Gasteiger charge is 1.90. The van der Waals surface area contributed by atoms with E-state index in [0.29, 0.717) is 0 Å². The third-order valence-corrected chi connectivity index (χ3v) is 3.63. The van der Waals surface area contributed by atoms with Gasteiger partial charge in [-0.15, -0.1) is 0 Å². The Morgan fingerprint density at radius 1 is 0.667 bits per heavy atom. The Morgan fingerprint density at radius 2 is 1.12 bits per heavy atom. The summed E-state index contributed by atoms with van der Waals surface area (Å²) >= 11 is 0. The zero-order chi connectivity index (χ0) is 17.7. The minimum absolute atomic E-state index is 0.930. The lowest BCUT2D eigenvalue weighted by molar-refractivity contribution is -0.131. The quantitative estimate of drug-likeness (QED) is 0.204. The van der Waals surface area contributed by atoms with Gasteiger partial charge in [-0.3, -0.25) is 0 Å². The molecule has 0 unspecified atom stereocenters. The van der Waals surface area contributed by atoms with Gasteiger partial charge in [0, 0.05) is 6.08 Å². The zero-order valence-electron chi connectivity index (χ0n) is 15.2. The molecule has 2 heteroatoms. The van der Waals surface area contributed by atoms with Gasteiger partial charge in [-0.25, -0.2) is 4.79 Å². The minimum atomic E-state index is -0.930. The number of carboxylic acids is 1. The van der Waals surface area contributed by atoms with Gasteiger partial charge in [0.05, 0.1) is 0 Å². The first-order valence-electron chi connectivity index (χ1n) is 9.33. The summed E-state index contributed by atoms with van der Waals surface area (Å²) in [6, 6.07) is 0. The Hall–Kier alpha value is -1.83. The van der Waals surface area contributed by atoms with Crippen LogP contribution in [-0.2, 0) is 4.79 Å². The van der Waals surface area contributed by atoms with E-state index in [1.165, 1.54) is 63.9 Å². The second-order valence-corrected chi connectivity index (χ2v) is 5.90. The first-order valence-corrected chi connectivity index (χ1v) is 9.33. The number of allylic oxidation sites excluding steroid dienone is 9. The molecule has 0 aromatic rings. The lowest BCUT2D eigenvalue weighted by Gasteiger charge is -2.00. The summed E-state index contributed by atoms with van der Waals surface area (Å²) in [5.74, 6) is -0.930. The number of unbranched alkanes of at least 4 members (excludes halogenated alkanes) is 9. The number of aliphatic carboxylic acids is 1. The number of carboxylic acid groups (broad SMARTS) is 1. The van der Waals surface area contributed by atoms with Crippen LogP contribution < -0.4 is 0 Å². The fourth-order valence-electron chi connectivity index (χ4n) is 2.27. The lowest BCUT2D eigenvalue weighted by atomic mass is 10.1. The third kappa shape index (κ3) is 20.2. The third-order valence-electron chi connectivity index (χ3n) is 3.63. The SMILES string of the molecule is CCCCCCCCCCC/C=C/C=C/C=C/C=C\C=C\C(=O)O. The summed E-state index contributed by atoms with van der Waals surface area (Å²) in [6.07, 6.45) is 31.7. The summed E-state index contributed by atoms with van der Waals surface area (Å²) in [4.78, 5) is 10.2. The van der Waals surface area contributed by atoms with Gasteiger partial charge >= 0.3 is 5.97 Å². The van der Waals surface area contributed by atoms with E-state index in [1.807, 2.05) is 24.3 Å². The fraction of sp³-hybridized carbons (Fsp3) is 0.500. The predicted molar refractivity (Wildman–Crippen MR) is 105 cm³/mol. The maximum absolute atomic E-state index is 10.2. The van der Waals surface area contributed by atoms with Crippen molar-refractivity contribution >= 4 is 5.97 Å². The Bertz CT molecular complexity index is 425. The Labute approximate surface area is 148 Å². The summed E-state index contributed by atoms with van der Waals surface area (Å²) in [7, 11) is 0. The molecule has 0 heterocycles. The lowest BCUT2D eigenvalue weighted by Crippen LogP contribution is -1.84. The molecule has 0 saturated carbocycles. The highest BCUT2D eigenvalue weighted by Crippen LogP contribution is 2.10. The zero-order valence-corrected chi connectivity index (χ0v) is 15.2. The average Bonchev–Trinajstić information content (AvgIpc) is 2.56.